The van der Waals surface area contributed by atoms with Gasteiger partial charge in [-0.1, -0.05) is 12.1 Å². The zero-order valence-corrected chi connectivity index (χ0v) is 11.0. The number of H-pyrrole nitrogens is 1. The van der Waals surface area contributed by atoms with Crippen molar-refractivity contribution in [2.24, 2.45) is 0 Å². The van der Waals surface area contributed by atoms with E-state index in [9.17, 15) is 8.78 Å². The van der Waals surface area contributed by atoms with Gasteiger partial charge in [-0.05, 0) is 36.2 Å². The lowest BCUT2D eigenvalue weighted by Crippen LogP contribution is -2.03. The summed E-state index contributed by atoms with van der Waals surface area (Å²) in [6, 6.07) is 10.2. The Labute approximate surface area is 115 Å². The maximum Gasteiger partial charge on any atom is 0.146 e. The van der Waals surface area contributed by atoms with Gasteiger partial charge in [0, 0.05) is 29.7 Å². The first-order chi connectivity index (χ1) is 9.65. The Kier molecular flexibility index (Phi) is 3.14. The van der Waals surface area contributed by atoms with Gasteiger partial charge in [0.15, 0.2) is 0 Å². The van der Waals surface area contributed by atoms with Crippen molar-refractivity contribution in [3.63, 3.8) is 0 Å². The molecule has 0 saturated heterocycles. The van der Waals surface area contributed by atoms with E-state index < -0.39 is 11.6 Å². The standard InChI is InChI=1S/C16H14F2N2/c1-10-7-14(18)16(8-13(10)17)20-9-11-3-2-4-15-12(11)5-6-19-15/h2-8,19-20H,9H2,1H3. The van der Waals surface area contributed by atoms with E-state index in [1.165, 1.54) is 12.1 Å². The molecule has 3 aromatic rings. The second kappa shape index (κ2) is 4.96. The van der Waals surface area contributed by atoms with E-state index in [1.807, 2.05) is 30.5 Å². The lowest BCUT2D eigenvalue weighted by Gasteiger charge is -2.10. The van der Waals surface area contributed by atoms with Gasteiger partial charge in [0.05, 0.1) is 5.69 Å². The topological polar surface area (TPSA) is 27.8 Å². The van der Waals surface area contributed by atoms with Crippen LogP contribution in [0, 0.1) is 18.6 Å². The van der Waals surface area contributed by atoms with Gasteiger partial charge in [-0.3, -0.25) is 0 Å². The number of hydrogen-bond acceptors (Lipinski definition) is 1. The van der Waals surface area contributed by atoms with Crippen LogP contribution in [0.3, 0.4) is 0 Å². The van der Waals surface area contributed by atoms with Gasteiger partial charge in [0.1, 0.15) is 11.6 Å². The normalized spacial score (nSPS) is 10.9. The zero-order chi connectivity index (χ0) is 14.1. The number of aryl methyl sites for hydroxylation is 1. The molecule has 1 aromatic heterocycles. The van der Waals surface area contributed by atoms with Gasteiger partial charge in [-0.2, -0.15) is 0 Å². The van der Waals surface area contributed by atoms with Crippen molar-refractivity contribution in [2.75, 3.05) is 5.32 Å². The summed E-state index contributed by atoms with van der Waals surface area (Å²) in [6.07, 6.45) is 1.86. The highest BCUT2D eigenvalue weighted by atomic mass is 19.1. The van der Waals surface area contributed by atoms with Gasteiger partial charge < -0.3 is 10.3 Å². The summed E-state index contributed by atoms with van der Waals surface area (Å²) >= 11 is 0. The molecule has 2 N–H and O–H groups in total. The first kappa shape index (κ1) is 12.7. The molecule has 2 aromatic carbocycles. The minimum atomic E-state index is -0.440. The number of fused-ring (bicyclic) bond motifs is 1. The molecular weight excluding hydrogens is 258 g/mol. The predicted octanol–water partition coefficient (Wildman–Crippen LogP) is 4.37. The van der Waals surface area contributed by atoms with Crippen LogP contribution in [-0.4, -0.2) is 4.98 Å². The Morgan fingerprint density at radius 3 is 2.80 bits per heavy atom. The molecule has 0 spiro atoms. The van der Waals surface area contributed by atoms with E-state index in [2.05, 4.69) is 10.3 Å². The number of rotatable bonds is 3. The van der Waals surface area contributed by atoms with Crippen molar-refractivity contribution in [1.82, 2.24) is 4.98 Å². The Morgan fingerprint density at radius 1 is 1.10 bits per heavy atom. The van der Waals surface area contributed by atoms with Gasteiger partial charge in [-0.25, -0.2) is 8.78 Å². The summed E-state index contributed by atoms with van der Waals surface area (Å²) in [4.78, 5) is 3.12. The second-order valence-electron chi connectivity index (χ2n) is 4.79. The summed E-state index contributed by atoms with van der Waals surface area (Å²) < 4.78 is 27.2. The number of aromatic nitrogens is 1. The molecule has 0 unspecified atom stereocenters. The largest absolute Gasteiger partial charge is 0.378 e. The highest BCUT2D eigenvalue weighted by Gasteiger charge is 2.08. The van der Waals surface area contributed by atoms with Crippen LogP contribution in [0.15, 0.2) is 42.6 Å². The zero-order valence-electron chi connectivity index (χ0n) is 11.0. The van der Waals surface area contributed by atoms with Crippen LogP contribution in [0.2, 0.25) is 0 Å². The van der Waals surface area contributed by atoms with Gasteiger partial charge in [0.2, 0.25) is 0 Å². The third kappa shape index (κ3) is 2.25. The smallest absolute Gasteiger partial charge is 0.146 e. The molecule has 3 rings (SSSR count). The number of benzene rings is 2. The number of anilines is 1. The van der Waals surface area contributed by atoms with E-state index in [0.717, 1.165) is 16.5 Å². The molecule has 0 atom stereocenters. The minimum Gasteiger partial charge on any atom is -0.378 e. The van der Waals surface area contributed by atoms with Crippen LogP contribution in [0.4, 0.5) is 14.5 Å². The van der Waals surface area contributed by atoms with Gasteiger partial charge >= 0.3 is 0 Å². The van der Waals surface area contributed by atoms with Crippen molar-refractivity contribution >= 4 is 16.6 Å². The molecule has 2 nitrogen and oxygen atoms in total. The van der Waals surface area contributed by atoms with Crippen LogP contribution >= 0.6 is 0 Å². The van der Waals surface area contributed by atoms with E-state index in [0.29, 0.717) is 12.1 Å². The molecule has 1 heterocycles. The van der Waals surface area contributed by atoms with Crippen LogP contribution < -0.4 is 5.32 Å². The fraction of sp³-hybridized carbons (Fsp3) is 0.125. The average molecular weight is 272 g/mol. The molecule has 0 saturated carbocycles. The third-order valence-corrected chi connectivity index (χ3v) is 3.40. The maximum absolute atomic E-state index is 13.8. The average Bonchev–Trinajstić information content (AvgIpc) is 2.90. The molecule has 102 valence electrons. The number of nitrogens with one attached hydrogen (secondary N) is 2. The molecule has 0 bridgehead atoms. The van der Waals surface area contributed by atoms with E-state index in [-0.39, 0.29) is 5.69 Å². The van der Waals surface area contributed by atoms with E-state index in [4.69, 9.17) is 0 Å². The number of aromatic amines is 1. The molecule has 0 fully saturated rings. The van der Waals surface area contributed by atoms with E-state index >= 15 is 0 Å². The Balaban J connectivity index is 1.86. The van der Waals surface area contributed by atoms with Gasteiger partial charge in [0.25, 0.3) is 0 Å². The molecule has 0 aliphatic heterocycles. The molecule has 4 heteroatoms. The van der Waals surface area contributed by atoms with Crippen molar-refractivity contribution < 1.29 is 8.78 Å². The number of halogens is 2. The molecule has 0 aliphatic carbocycles. The number of hydrogen-bond donors (Lipinski definition) is 2. The Morgan fingerprint density at radius 2 is 1.95 bits per heavy atom. The predicted molar refractivity (Wildman–Crippen MR) is 76.7 cm³/mol. The Hall–Kier alpha value is -2.36. The SMILES string of the molecule is Cc1cc(F)c(NCc2cccc3[nH]ccc23)cc1F. The van der Waals surface area contributed by atoms with Crippen molar-refractivity contribution in [3.05, 3.63) is 65.4 Å². The van der Waals surface area contributed by atoms with Crippen LogP contribution in [0.1, 0.15) is 11.1 Å². The molecular formula is C16H14F2N2. The highest BCUT2D eigenvalue weighted by Crippen LogP contribution is 2.22. The summed E-state index contributed by atoms with van der Waals surface area (Å²) in [5, 5.41) is 4.03. The maximum atomic E-state index is 13.8. The first-order valence-corrected chi connectivity index (χ1v) is 6.39. The van der Waals surface area contributed by atoms with Crippen LogP contribution in [0.5, 0.6) is 0 Å². The summed E-state index contributed by atoms with van der Waals surface area (Å²) in [6.45, 7) is 1.98. The summed E-state index contributed by atoms with van der Waals surface area (Å²) in [5.41, 5.74) is 2.55. The van der Waals surface area contributed by atoms with Crippen LogP contribution in [-0.2, 0) is 6.54 Å². The first-order valence-electron chi connectivity index (χ1n) is 6.39. The molecule has 0 amide bonds. The van der Waals surface area contributed by atoms with Gasteiger partial charge in [-0.15, -0.1) is 0 Å². The fourth-order valence-corrected chi connectivity index (χ4v) is 2.28. The lowest BCUT2D eigenvalue weighted by molar-refractivity contribution is 0.594. The quantitative estimate of drug-likeness (QED) is 0.728. The monoisotopic (exact) mass is 272 g/mol. The van der Waals surface area contributed by atoms with Crippen molar-refractivity contribution in [2.45, 2.75) is 13.5 Å². The second-order valence-corrected chi connectivity index (χ2v) is 4.79. The van der Waals surface area contributed by atoms with Crippen molar-refractivity contribution in [3.8, 4) is 0 Å². The molecule has 0 aliphatic rings. The van der Waals surface area contributed by atoms with Crippen LogP contribution in [0.25, 0.3) is 10.9 Å². The lowest BCUT2D eigenvalue weighted by atomic mass is 10.1. The Bertz CT molecular complexity index is 762. The minimum absolute atomic E-state index is 0.181. The summed E-state index contributed by atoms with van der Waals surface area (Å²) in [5.74, 6) is -0.848. The van der Waals surface area contributed by atoms with E-state index in [1.54, 1.807) is 6.92 Å². The third-order valence-electron chi connectivity index (χ3n) is 3.40. The molecule has 20 heavy (non-hydrogen) atoms. The highest BCUT2D eigenvalue weighted by molar-refractivity contribution is 5.83. The fourth-order valence-electron chi connectivity index (χ4n) is 2.28. The van der Waals surface area contributed by atoms with Crippen molar-refractivity contribution in [1.29, 1.82) is 0 Å². The molecule has 0 radical (unpaired) electrons. The summed E-state index contributed by atoms with van der Waals surface area (Å²) in [7, 11) is 0.